The third-order valence-corrected chi connectivity index (χ3v) is 6.37. The largest absolute Gasteiger partial charge is 0.385 e. The van der Waals surface area contributed by atoms with Crippen LogP contribution in [0.2, 0.25) is 0 Å². The predicted octanol–water partition coefficient (Wildman–Crippen LogP) is 0.580. The van der Waals surface area contributed by atoms with Gasteiger partial charge in [0.15, 0.2) is 0 Å². The van der Waals surface area contributed by atoms with Crippen LogP contribution in [0.25, 0.3) is 0 Å². The van der Waals surface area contributed by atoms with Crippen molar-refractivity contribution in [3.8, 4) is 0 Å². The van der Waals surface area contributed by atoms with Gasteiger partial charge in [0, 0.05) is 33.4 Å². The number of ether oxygens (including phenoxy) is 1. The average Bonchev–Trinajstić information content (AvgIpc) is 2.91. The van der Waals surface area contributed by atoms with Gasteiger partial charge in [0.05, 0.1) is 17.3 Å². The first-order valence-corrected chi connectivity index (χ1v) is 9.60. The molecule has 0 bridgehead atoms. The van der Waals surface area contributed by atoms with Crippen molar-refractivity contribution in [3.63, 3.8) is 0 Å². The first kappa shape index (κ1) is 18.9. The van der Waals surface area contributed by atoms with E-state index >= 15 is 0 Å². The van der Waals surface area contributed by atoms with Crippen LogP contribution in [0, 0.1) is 19.8 Å². The molecule has 8 nitrogen and oxygen atoms in total. The molecule has 1 aliphatic rings. The first-order chi connectivity index (χ1) is 11.4. The molecule has 1 unspecified atom stereocenters. The average molecular weight is 358 g/mol. The fourth-order valence-electron chi connectivity index (χ4n) is 3.00. The first-order valence-electron chi connectivity index (χ1n) is 8.16. The highest BCUT2D eigenvalue weighted by atomic mass is 32.2. The summed E-state index contributed by atoms with van der Waals surface area (Å²) >= 11 is 0. The molecule has 24 heavy (non-hydrogen) atoms. The molecule has 1 amide bonds. The van der Waals surface area contributed by atoms with Gasteiger partial charge in [-0.15, -0.1) is 0 Å². The van der Waals surface area contributed by atoms with Gasteiger partial charge in [0.25, 0.3) is 0 Å². The van der Waals surface area contributed by atoms with Crippen LogP contribution < -0.4 is 5.32 Å². The molecule has 1 aromatic rings. The number of sulfonamides is 1. The van der Waals surface area contributed by atoms with Crippen molar-refractivity contribution in [2.75, 3.05) is 33.4 Å². The number of nitrogens with zero attached hydrogens (tertiary/aromatic N) is 2. The zero-order chi connectivity index (χ0) is 17.7. The number of piperidine rings is 1. The molecule has 0 aromatic carbocycles. The second-order valence-corrected chi connectivity index (χ2v) is 7.98. The molecular weight excluding hydrogens is 332 g/mol. The highest BCUT2D eigenvalue weighted by Crippen LogP contribution is 2.26. The van der Waals surface area contributed by atoms with E-state index in [-0.39, 0.29) is 23.3 Å². The van der Waals surface area contributed by atoms with Gasteiger partial charge in [-0.2, -0.15) is 9.40 Å². The standard InChI is InChI=1S/C15H26N4O4S/c1-11-14(12(2)18-17-11)24(21,22)19-8-4-6-13(10-19)15(20)16-7-5-9-23-3/h13H,4-10H2,1-3H3,(H,16,20)(H,17,18). The van der Waals surface area contributed by atoms with E-state index in [0.717, 1.165) is 6.42 Å². The van der Waals surface area contributed by atoms with Crippen molar-refractivity contribution in [1.82, 2.24) is 19.8 Å². The lowest BCUT2D eigenvalue weighted by Crippen LogP contribution is -2.45. The smallest absolute Gasteiger partial charge is 0.246 e. The summed E-state index contributed by atoms with van der Waals surface area (Å²) in [5.74, 6) is -0.407. The van der Waals surface area contributed by atoms with Gasteiger partial charge < -0.3 is 10.1 Å². The van der Waals surface area contributed by atoms with Crippen molar-refractivity contribution in [3.05, 3.63) is 11.4 Å². The molecule has 2 heterocycles. The number of hydrogen-bond acceptors (Lipinski definition) is 5. The van der Waals surface area contributed by atoms with Crippen molar-refractivity contribution in [1.29, 1.82) is 0 Å². The Morgan fingerprint density at radius 1 is 1.46 bits per heavy atom. The van der Waals surface area contributed by atoms with E-state index in [9.17, 15) is 13.2 Å². The van der Waals surface area contributed by atoms with E-state index in [4.69, 9.17) is 4.74 Å². The SMILES string of the molecule is COCCCNC(=O)C1CCCN(S(=O)(=O)c2c(C)n[nH]c2C)C1. The number of H-pyrrole nitrogens is 1. The lowest BCUT2D eigenvalue weighted by molar-refractivity contribution is -0.126. The van der Waals surface area contributed by atoms with Crippen LogP contribution in [0.5, 0.6) is 0 Å². The summed E-state index contributed by atoms with van der Waals surface area (Å²) in [4.78, 5) is 12.5. The quantitative estimate of drug-likeness (QED) is 0.694. The van der Waals surface area contributed by atoms with E-state index in [2.05, 4.69) is 15.5 Å². The Labute approximate surface area is 143 Å². The molecule has 0 saturated carbocycles. The summed E-state index contributed by atoms with van der Waals surface area (Å²) < 4.78 is 32.1. The van der Waals surface area contributed by atoms with Crippen molar-refractivity contribution in [2.24, 2.45) is 5.92 Å². The third kappa shape index (κ3) is 4.14. The van der Waals surface area contributed by atoms with Crippen LogP contribution >= 0.6 is 0 Å². The van der Waals surface area contributed by atoms with E-state index in [1.807, 2.05) is 0 Å². The second kappa shape index (κ2) is 8.09. The van der Waals surface area contributed by atoms with Gasteiger partial charge in [-0.05, 0) is 33.1 Å². The predicted molar refractivity (Wildman–Crippen MR) is 89.0 cm³/mol. The normalized spacial score (nSPS) is 19.4. The van der Waals surface area contributed by atoms with Crippen LogP contribution in [0.1, 0.15) is 30.7 Å². The van der Waals surface area contributed by atoms with Gasteiger partial charge >= 0.3 is 0 Å². The molecule has 136 valence electrons. The molecule has 9 heteroatoms. The second-order valence-electron chi connectivity index (χ2n) is 6.10. The van der Waals surface area contributed by atoms with E-state index in [0.29, 0.717) is 43.9 Å². The van der Waals surface area contributed by atoms with Crippen LogP contribution in [0.3, 0.4) is 0 Å². The van der Waals surface area contributed by atoms with Gasteiger partial charge in [0.2, 0.25) is 15.9 Å². The van der Waals surface area contributed by atoms with Crippen molar-refractivity contribution >= 4 is 15.9 Å². The Morgan fingerprint density at radius 2 is 2.21 bits per heavy atom. The number of aromatic nitrogens is 2. The van der Waals surface area contributed by atoms with E-state index < -0.39 is 10.0 Å². The number of rotatable bonds is 7. The zero-order valence-corrected chi connectivity index (χ0v) is 15.3. The highest BCUT2D eigenvalue weighted by molar-refractivity contribution is 7.89. The number of carbonyl (C=O) groups is 1. The Kier molecular flexibility index (Phi) is 6.36. The molecule has 0 radical (unpaired) electrons. The third-order valence-electron chi connectivity index (χ3n) is 4.24. The Morgan fingerprint density at radius 3 is 2.83 bits per heavy atom. The number of carbonyl (C=O) groups excluding carboxylic acids is 1. The van der Waals surface area contributed by atoms with Crippen LogP contribution in [0.4, 0.5) is 0 Å². The van der Waals surface area contributed by atoms with Crippen LogP contribution in [0.15, 0.2) is 4.90 Å². The number of amides is 1. The van der Waals surface area contributed by atoms with Crippen molar-refractivity contribution < 1.29 is 17.9 Å². The molecule has 0 spiro atoms. The maximum absolute atomic E-state index is 12.9. The lowest BCUT2D eigenvalue weighted by Gasteiger charge is -2.31. The Bertz CT molecular complexity index is 652. The maximum atomic E-state index is 12.9. The fourth-order valence-corrected chi connectivity index (χ4v) is 4.85. The molecule has 0 aliphatic carbocycles. The fraction of sp³-hybridized carbons (Fsp3) is 0.733. The summed E-state index contributed by atoms with van der Waals surface area (Å²) in [5, 5.41) is 9.53. The number of methoxy groups -OCH3 is 1. The molecule has 2 rings (SSSR count). The highest BCUT2D eigenvalue weighted by Gasteiger charge is 2.35. The van der Waals surface area contributed by atoms with Crippen LogP contribution in [-0.4, -0.2) is 62.2 Å². The maximum Gasteiger partial charge on any atom is 0.246 e. The van der Waals surface area contributed by atoms with Crippen LogP contribution in [-0.2, 0) is 19.6 Å². The van der Waals surface area contributed by atoms with Gasteiger partial charge in [-0.25, -0.2) is 8.42 Å². The van der Waals surface area contributed by atoms with E-state index in [1.165, 1.54) is 4.31 Å². The topological polar surface area (TPSA) is 104 Å². The monoisotopic (exact) mass is 358 g/mol. The van der Waals surface area contributed by atoms with Gasteiger partial charge in [-0.1, -0.05) is 0 Å². The zero-order valence-electron chi connectivity index (χ0n) is 14.5. The molecule has 1 saturated heterocycles. The molecule has 1 aliphatic heterocycles. The minimum atomic E-state index is -3.64. The minimum Gasteiger partial charge on any atom is -0.385 e. The number of aromatic amines is 1. The Hall–Kier alpha value is -1.45. The summed E-state index contributed by atoms with van der Waals surface area (Å²) in [6.07, 6.45) is 2.11. The van der Waals surface area contributed by atoms with Gasteiger partial charge in [-0.3, -0.25) is 9.89 Å². The molecule has 2 N–H and O–H groups in total. The Balaban J connectivity index is 2.03. The lowest BCUT2D eigenvalue weighted by atomic mass is 9.99. The summed E-state index contributed by atoms with van der Waals surface area (Å²) in [6.45, 7) is 5.12. The molecule has 1 fully saturated rings. The molecule has 1 atom stereocenters. The van der Waals surface area contributed by atoms with E-state index in [1.54, 1.807) is 21.0 Å². The number of hydrogen-bond donors (Lipinski definition) is 2. The number of nitrogens with one attached hydrogen (secondary N) is 2. The minimum absolute atomic E-state index is 0.0911. The summed E-state index contributed by atoms with van der Waals surface area (Å²) in [6, 6.07) is 0. The summed E-state index contributed by atoms with van der Waals surface area (Å²) in [5.41, 5.74) is 0.984. The molecular formula is C15H26N4O4S. The van der Waals surface area contributed by atoms with Crippen molar-refractivity contribution in [2.45, 2.75) is 38.0 Å². The molecule has 1 aromatic heterocycles. The summed E-state index contributed by atoms with van der Waals surface area (Å²) in [7, 11) is -2.02. The number of aryl methyl sites for hydroxylation is 2. The van der Waals surface area contributed by atoms with Gasteiger partial charge in [0.1, 0.15) is 4.90 Å².